The summed E-state index contributed by atoms with van der Waals surface area (Å²) in [5.41, 5.74) is -0.0325. The Hall–Kier alpha value is -1.43. The number of carboxylic acid groups (broad SMARTS) is 1. The zero-order valence-corrected chi connectivity index (χ0v) is 17.4. The molecule has 3 fully saturated rings. The van der Waals surface area contributed by atoms with Gasteiger partial charge in [0.2, 0.25) is 5.91 Å². The number of halogens is 3. The van der Waals surface area contributed by atoms with Gasteiger partial charge in [-0.05, 0) is 25.2 Å². The number of hydrogen-bond donors (Lipinski definition) is 1. The fraction of sp³-hybridized carbons (Fsp3) is 0.895. The van der Waals surface area contributed by atoms with Crippen LogP contribution in [0, 0.1) is 5.92 Å². The highest BCUT2D eigenvalue weighted by molar-refractivity contribution is 5.76. The summed E-state index contributed by atoms with van der Waals surface area (Å²) >= 11 is 0. The molecule has 8 nitrogen and oxygen atoms in total. The van der Waals surface area contributed by atoms with Crippen molar-refractivity contribution in [2.75, 3.05) is 60.2 Å². The molecule has 3 aliphatic rings. The highest BCUT2D eigenvalue weighted by Gasteiger charge is 2.48. The van der Waals surface area contributed by atoms with E-state index in [4.69, 9.17) is 24.1 Å². The number of likely N-dealkylation sites (N-methyl/N-ethyl adjacent to an activating group) is 1. The first-order valence-electron chi connectivity index (χ1n) is 10.1. The van der Waals surface area contributed by atoms with Crippen molar-refractivity contribution in [3.63, 3.8) is 0 Å². The summed E-state index contributed by atoms with van der Waals surface area (Å²) in [6.45, 7) is 5.92. The van der Waals surface area contributed by atoms with Crippen LogP contribution in [-0.4, -0.2) is 105 Å². The minimum absolute atomic E-state index is 0.0281. The van der Waals surface area contributed by atoms with E-state index in [0.29, 0.717) is 0 Å². The van der Waals surface area contributed by atoms with Crippen LogP contribution in [0.4, 0.5) is 13.2 Å². The number of aliphatic carboxylic acids is 1. The second kappa shape index (κ2) is 10.7. The number of alkyl halides is 3. The monoisotopic (exact) mass is 440 g/mol. The summed E-state index contributed by atoms with van der Waals surface area (Å²) in [6.07, 6.45) is -0.760. The third kappa shape index (κ3) is 7.68. The lowest BCUT2D eigenvalue weighted by Crippen LogP contribution is -2.66. The van der Waals surface area contributed by atoms with Crippen molar-refractivity contribution in [1.82, 2.24) is 9.80 Å². The highest BCUT2D eigenvalue weighted by Crippen LogP contribution is 2.36. The molecule has 1 N–H and O–H groups in total. The number of likely N-dealkylation sites (tertiary alicyclic amines) is 1. The van der Waals surface area contributed by atoms with Gasteiger partial charge in [0.15, 0.2) is 0 Å². The van der Waals surface area contributed by atoms with Crippen molar-refractivity contribution in [2.24, 2.45) is 5.92 Å². The van der Waals surface area contributed by atoms with E-state index in [9.17, 15) is 18.0 Å². The van der Waals surface area contributed by atoms with Crippen LogP contribution in [0.5, 0.6) is 0 Å². The van der Waals surface area contributed by atoms with Gasteiger partial charge in [0.05, 0.1) is 11.7 Å². The molecule has 1 unspecified atom stereocenters. The number of carbonyl (C=O) groups excluding carboxylic acids is 1. The van der Waals surface area contributed by atoms with Crippen molar-refractivity contribution in [1.29, 1.82) is 0 Å². The van der Waals surface area contributed by atoms with E-state index in [2.05, 4.69) is 4.90 Å². The molecule has 3 rings (SSSR count). The Morgan fingerprint density at radius 3 is 2.30 bits per heavy atom. The zero-order valence-electron chi connectivity index (χ0n) is 17.4. The number of amides is 1. The number of rotatable bonds is 5. The normalized spacial score (nSPS) is 24.5. The fourth-order valence-corrected chi connectivity index (χ4v) is 3.86. The number of ether oxygens (including phenoxy) is 3. The molecule has 0 aromatic rings. The molecule has 0 radical (unpaired) electrons. The zero-order chi connectivity index (χ0) is 22.4. The Balaban J connectivity index is 0.000000396. The van der Waals surface area contributed by atoms with E-state index in [1.165, 1.54) is 19.4 Å². The lowest BCUT2D eigenvalue weighted by atomic mass is 9.83. The second-order valence-corrected chi connectivity index (χ2v) is 8.27. The average molecular weight is 440 g/mol. The molecule has 3 saturated heterocycles. The molecule has 30 heavy (non-hydrogen) atoms. The third-order valence-corrected chi connectivity index (χ3v) is 5.51. The molecule has 0 aromatic heterocycles. The first-order chi connectivity index (χ1) is 14.0. The molecule has 0 saturated carbocycles. The van der Waals surface area contributed by atoms with Crippen LogP contribution < -0.4 is 0 Å². The maximum absolute atomic E-state index is 11.7. The second-order valence-electron chi connectivity index (χ2n) is 8.27. The molecule has 0 bridgehead atoms. The molecule has 1 atom stereocenters. The Kier molecular flexibility index (Phi) is 8.89. The summed E-state index contributed by atoms with van der Waals surface area (Å²) in [5, 5.41) is 7.12. The Morgan fingerprint density at radius 1 is 1.17 bits per heavy atom. The summed E-state index contributed by atoms with van der Waals surface area (Å²) in [5.74, 6) is -1.96. The van der Waals surface area contributed by atoms with Gasteiger partial charge in [0.25, 0.3) is 0 Å². The van der Waals surface area contributed by atoms with E-state index in [0.717, 1.165) is 51.7 Å². The van der Waals surface area contributed by atoms with Gasteiger partial charge in [0.1, 0.15) is 6.61 Å². The van der Waals surface area contributed by atoms with Crippen LogP contribution in [0.15, 0.2) is 0 Å². The Labute approximate surface area is 174 Å². The van der Waals surface area contributed by atoms with Crippen molar-refractivity contribution in [2.45, 2.75) is 43.6 Å². The molecular weight excluding hydrogens is 409 g/mol. The predicted molar refractivity (Wildman–Crippen MR) is 100 cm³/mol. The number of nitrogens with zero attached hydrogens (tertiary/aromatic N) is 2. The van der Waals surface area contributed by atoms with E-state index < -0.39 is 12.1 Å². The van der Waals surface area contributed by atoms with Crippen LogP contribution in [0.25, 0.3) is 0 Å². The van der Waals surface area contributed by atoms with Gasteiger partial charge in [-0.3, -0.25) is 9.69 Å². The van der Waals surface area contributed by atoms with Crippen molar-refractivity contribution in [3.05, 3.63) is 0 Å². The first kappa shape index (κ1) is 24.8. The first-order valence-corrected chi connectivity index (χ1v) is 10.1. The standard InChI is InChI=1S/C17H30N2O4.C2HF3O2/c1-18(2)16(20)11-22-15-5-8-23-17(9-15)12-19(13-17)10-14-3-6-21-7-4-14;3-2(4,5)1(6)7/h14-15H,3-13H2,1-2H3;(H,6,7). The molecule has 3 aliphatic heterocycles. The highest BCUT2D eigenvalue weighted by atomic mass is 19.4. The minimum Gasteiger partial charge on any atom is -0.475 e. The summed E-state index contributed by atoms with van der Waals surface area (Å²) in [4.78, 5) is 24.6. The van der Waals surface area contributed by atoms with E-state index in [1.807, 2.05) is 0 Å². The SMILES string of the molecule is CN(C)C(=O)COC1CCOC2(C1)CN(CC1CCOCC1)C2.O=C(O)C(F)(F)F. The molecule has 1 spiro atoms. The third-order valence-electron chi connectivity index (χ3n) is 5.51. The van der Waals surface area contributed by atoms with Gasteiger partial charge in [-0.15, -0.1) is 0 Å². The predicted octanol–water partition coefficient (Wildman–Crippen LogP) is 1.38. The van der Waals surface area contributed by atoms with Gasteiger partial charge in [-0.2, -0.15) is 13.2 Å². The molecule has 1 amide bonds. The summed E-state index contributed by atoms with van der Waals surface area (Å²) in [7, 11) is 3.52. The molecular formula is C19H31F3N2O6. The maximum Gasteiger partial charge on any atom is 0.490 e. The smallest absolute Gasteiger partial charge is 0.475 e. The van der Waals surface area contributed by atoms with Crippen LogP contribution in [0.1, 0.15) is 25.7 Å². The van der Waals surface area contributed by atoms with Crippen LogP contribution in [-0.2, 0) is 23.8 Å². The number of hydrogen-bond acceptors (Lipinski definition) is 6. The van der Waals surface area contributed by atoms with Crippen LogP contribution in [0.2, 0.25) is 0 Å². The topological polar surface area (TPSA) is 88.5 Å². The van der Waals surface area contributed by atoms with E-state index in [-0.39, 0.29) is 24.2 Å². The lowest BCUT2D eigenvalue weighted by molar-refractivity contribution is -0.200. The quantitative estimate of drug-likeness (QED) is 0.691. The largest absolute Gasteiger partial charge is 0.490 e. The molecule has 3 heterocycles. The average Bonchev–Trinajstić information content (AvgIpc) is 2.65. The summed E-state index contributed by atoms with van der Waals surface area (Å²) in [6, 6.07) is 0. The fourth-order valence-electron chi connectivity index (χ4n) is 3.86. The minimum atomic E-state index is -5.08. The van der Waals surface area contributed by atoms with Gasteiger partial charge in [-0.25, -0.2) is 4.79 Å². The van der Waals surface area contributed by atoms with E-state index in [1.54, 1.807) is 19.0 Å². The van der Waals surface area contributed by atoms with Crippen molar-refractivity contribution < 1.29 is 42.1 Å². The van der Waals surface area contributed by atoms with Gasteiger partial charge >= 0.3 is 12.1 Å². The Morgan fingerprint density at radius 2 is 1.77 bits per heavy atom. The van der Waals surface area contributed by atoms with Crippen molar-refractivity contribution in [3.8, 4) is 0 Å². The summed E-state index contributed by atoms with van der Waals surface area (Å²) < 4.78 is 49.0. The number of carboxylic acids is 1. The van der Waals surface area contributed by atoms with Gasteiger partial charge in [0, 0.05) is 60.0 Å². The van der Waals surface area contributed by atoms with Crippen molar-refractivity contribution >= 4 is 11.9 Å². The van der Waals surface area contributed by atoms with Gasteiger partial charge < -0.3 is 24.2 Å². The number of carbonyl (C=O) groups is 2. The molecule has 0 aliphatic carbocycles. The maximum atomic E-state index is 11.7. The van der Waals surface area contributed by atoms with Crippen LogP contribution in [0.3, 0.4) is 0 Å². The molecule has 174 valence electrons. The van der Waals surface area contributed by atoms with E-state index >= 15 is 0 Å². The Bertz CT molecular complexity index is 575. The van der Waals surface area contributed by atoms with Crippen LogP contribution >= 0.6 is 0 Å². The lowest BCUT2D eigenvalue weighted by Gasteiger charge is -2.54. The molecule has 0 aromatic carbocycles. The van der Waals surface area contributed by atoms with Gasteiger partial charge in [-0.1, -0.05) is 0 Å². The molecule has 11 heteroatoms.